The van der Waals surface area contributed by atoms with Crippen LogP contribution in [-0.2, 0) is 26.2 Å². The average Bonchev–Trinajstić information content (AvgIpc) is 2.96. The molecule has 0 radical (unpaired) electrons. The minimum Gasteiger partial charge on any atom is -0.492 e. The molecule has 0 saturated carbocycles. The van der Waals surface area contributed by atoms with Crippen molar-refractivity contribution >= 4 is 27.5 Å². The van der Waals surface area contributed by atoms with Gasteiger partial charge in [-0.05, 0) is 68.7 Å². The van der Waals surface area contributed by atoms with Crippen molar-refractivity contribution in [1.82, 2.24) is 10.2 Å². The van der Waals surface area contributed by atoms with E-state index in [1.807, 2.05) is 13.8 Å². The highest BCUT2D eigenvalue weighted by molar-refractivity contribution is 7.92. The molecule has 2 amide bonds. The average molecular weight is 584 g/mol. The minimum absolute atomic E-state index is 0.0112. The second-order valence-corrected chi connectivity index (χ2v) is 11.5. The van der Waals surface area contributed by atoms with Gasteiger partial charge in [-0.3, -0.25) is 13.9 Å². The monoisotopic (exact) mass is 583 g/mol. The fraction of sp³-hybridized carbons (Fsp3) is 0.355. The van der Waals surface area contributed by atoms with Crippen LogP contribution in [0.1, 0.15) is 44.7 Å². The van der Waals surface area contributed by atoms with Crippen molar-refractivity contribution < 1.29 is 27.1 Å². The van der Waals surface area contributed by atoms with Crippen LogP contribution < -0.4 is 14.4 Å². The molecule has 41 heavy (non-hydrogen) atoms. The van der Waals surface area contributed by atoms with Gasteiger partial charge in [0.25, 0.3) is 10.0 Å². The largest absolute Gasteiger partial charge is 0.492 e. The zero-order valence-electron chi connectivity index (χ0n) is 24.0. The summed E-state index contributed by atoms with van der Waals surface area (Å²) < 4.78 is 48.5. The fourth-order valence-corrected chi connectivity index (χ4v) is 5.79. The Balaban J connectivity index is 2.09. The van der Waals surface area contributed by atoms with Gasteiger partial charge in [0.05, 0.1) is 17.2 Å². The van der Waals surface area contributed by atoms with E-state index >= 15 is 0 Å². The summed E-state index contributed by atoms with van der Waals surface area (Å²) in [6.07, 6.45) is 1.01. The molecule has 0 aliphatic heterocycles. The van der Waals surface area contributed by atoms with Gasteiger partial charge in [-0.15, -0.1) is 0 Å². The number of nitrogens with one attached hydrogen (secondary N) is 1. The van der Waals surface area contributed by atoms with E-state index in [2.05, 4.69) is 5.32 Å². The van der Waals surface area contributed by atoms with Crippen molar-refractivity contribution in [3.8, 4) is 5.75 Å². The molecule has 1 atom stereocenters. The molecule has 0 fully saturated rings. The standard InChI is InChI=1S/C31H38FN3O5S/c1-5-20-33-31(37)27(6-2)34(21-24-14-16-25(32)17-15-24)30(36)22-35(28-10-8-9-11-29(28)40-7-3)41(38,39)26-18-12-23(4)13-19-26/h8-19,27H,5-7,20-22H2,1-4H3,(H,33,37)/t27-/m0/s1. The van der Waals surface area contributed by atoms with Gasteiger partial charge in [0.15, 0.2) is 0 Å². The Kier molecular flexibility index (Phi) is 11.3. The van der Waals surface area contributed by atoms with E-state index in [-0.39, 0.29) is 29.6 Å². The van der Waals surface area contributed by atoms with E-state index in [1.165, 1.54) is 41.3 Å². The predicted molar refractivity (Wildman–Crippen MR) is 158 cm³/mol. The maximum absolute atomic E-state index is 14.1. The van der Waals surface area contributed by atoms with Crippen LogP contribution in [0.15, 0.2) is 77.7 Å². The van der Waals surface area contributed by atoms with E-state index in [0.29, 0.717) is 30.7 Å². The van der Waals surface area contributed by atoms with Gasteiger partial charge in [0, 0.05) is 13.1 Å². The van der Waals surface area contributed by atoms with E-state index in [1.54, 1.807) is 50.2 Å². The molecular weight excluding hydrogens is 545 g/mol. The van der Waals surface area contributed by atoms with E-state index < -0.39 is 34.3 Å². The third kappa shape index (κ3) is 8.07. The highest BCUT2D eigenvalue weighted by Gasteiger charge is 2.34. The van der Waals surface area contributed by atoms with Crippen molar-refractivity contribution in [3.05, 3.63) is 89.7 Å². The lowest BCUT2D eigenvalue weighted by Crippen LogP contribution is -2.52. The Morgan fingerprint density at radius 3 is 2.22 bits per heavy atom. The number of carbonyl (C=O) groups is 2. The molecule has 0 spiro atoms. The number of benzene rings is 3. The quantitative estimate of drug-likeness (QED) is 0.286. The summed E-state index contributed by atoms with van der Waals surface area (Å²) in [5, 5.41) is 2.84. The second kappa shape index (κ2) is 14.6. The molecule has 220 valence electrons. The number of anilines is 1. The number of rotatable bonds is 14. The van der Waals surface area contributed by atoms with Crippen LogP contribution in [0.4, 0.5) is 10.1 Å². The van der Waals surface area contributed by atoms with Gasteiger partial charge in [0.1, 0.15) is 24.2 Å². The van der Waals surface area contributed by atoms with Crippen molar-refractivity contribution in [2.45, 2.75) is 58.0 Å². The van der Waals surface area contributed by atoms with Crippen LogP contribution in [0.2, 0.25) is 0 Å². The number of sulfonamides is 1. The lowest BCUT2D eigenvalue weighted by atomic mass is 10.1. The molecule has 0 unspecified atom stereocenters. The molecule has 0 aromatic heterocycles. The molecule has 3 aromatic carbocycles. The Bertz CT molecular complexity index is 1410. The molecule has 3 rings (SSSR count). The van der Waals surface area contributed by atoms with E-state index in [9.17, 15) is 22.4 Å². The number of hydrogen-bond donors (Lipinski definition) is 1. The maximum atomic E-state index is 14.1. The van der Waals surface area contributed by atoms with Gasteiger partial charge in [-0.2, -0.15) is 0 Å². The molecule has 3 aromatic rings. The molecule has 0 aliphatic carbocycles. The first-order valence-corrected chi connectivity index (χ1v) is 15.2. The number of aryl methyl sites for hydroxylation is 1. The van der Waals surface area contributed by atoms with Crippen LogP contribution in [-0.4, -0.2) is 50.9 Å². The first kappa shape index (κ1) is 31.6. The van der Waals surface area contributed by atoms with Crippen LogP contribution in [0.25, 0.3) is 0 Å². The number of para-hydroxylation sites is 2. The van der Waals surface area contributed by atoms with Crippen LogP contribution in [0.5, 0.6) is 5.75 Å². The van der Waals surface area contributed by atoms with Gasteiger partial charge in [0.2, 0.25) is 11.8 Å². The van der Waals surface area contributed by atoms with Crippen molar-refractivity contribution in [1.29, 1.82) is 0 Å². The number of carbonyl (C=O) groups excluding carboxylic acids is 2. The van der Waals surface area contributed by atoms with Crippen LogP contribution in [0, 0.1) is 12.7 Å². The number of nitrogens with zero attached hydrogens (tertiary/aromatic N) is 2. The molecular formula is C31H38FN3O5S. The predicted octanol–water partition coefficient (Wildman–Crippen LogP) is 5.06. The van der Waals surface area contributed by atoms with Crippen molar-refractivity contribution in [2.75, 3.05) is 24.0 Å². The summed E-state index contributed by atoms with van der Waals surface area (Å²) in [7, 11) is -4.23. The molecule has 10 heteroatoms. The van der Waals surface area contributed by atoms with Crippen molar-refractivity contribution in [2.24, 2.45) is 0 Å². The Morgan fingerprint density at radius 1 is 0.951 bits per heavy atom. The summed E-state index contributed by atoms with van der Waals surface area (Å²) >= 11 is 0. The molecule has 8 nitrogen and oxygen atoms in total. The summed E-state index contributed by atoms with van der Waals surface area (Å²) in [5.41, 5.74) is 1.69. The zero-order chi connectivity index (χ0) is 30.0. The van der Waals surface area contributed by atoms with Gasteiger partial charge >= 0.3 is 0 Å². The van der Waals surface area contributed by atoms with Crippen LogP contribution in [0.3, 0.4) is 0 Å². The second-order valence-electron chi connectivity index (χ2n) is 9.59. The molecule has 0 aliphatic rings. The smallest absolute Gasteiger partial charge is 0.264 e. The Hall–Kier alpha value is -3.92. The first-order chi connectivity index (χ1) is 19.6. The molecule has 0 heterocycles. The Labute approximate surface area is 242 Å². The Morgan fingerprint density at radius 2 is 1.61 bits per heavy atom. The summed E-state index contributed by atoms with van der Waals surface area (Å²) in [4.78, 5) is 28.6. The lowest BCUT2D eigenvalue weighted by Gasteiger charge is -2.33. The third-order valence-corrected chi connectivity index (χ3v) is 8.30. The van der Waals surface area contributed by atoms with Crippen molar-refractivity contribution in [3.63, 3.8) is 0 Å². The summed E-state index contributed by atoms with van der Waals surface area (Å²) in [6.45, 7) is 7.47. The SMILES string of the molecule is CCCNC(=O)[C@H](CC)N(Cc1ccc(F)cc1)C(=O)CN(c1ccccc1OCC)S(=O)(=O)c1ccc(C)cc1. The van der Waals surface area contributed by atoms with Crippen LogP contribution >= 0.6 is 0 Å². The number of halogens is 1. The third-order valence-electron chi connectivity index (χ3n) is 6.52. The van der Waals surface area contributed by atoms with E-state index in [0.717, 1.165) is 9.87 Å². The topological polar surface area (TPSA) is 96.0 Å². The van der Waals surface area contributed by atoms with Gasteiger partial charge in [-0.25, -0.2) is 12.8 Å². The normalized spacial score (nSPS) is 11.9. The number of amides is 2. The fourth-order valence-electron chi connectivity index (χ4n) is 4.36. The van der Waals surface area contributed by atoms with E-state index in [4.69, 9.17) is 4.74 Å². The molecule has 0 saturated heterocycles. The highest BCUT2D eigenvalue weighted by atomic mass is 32.2. The molecule has 0 bridgehead atoms. The summed E-state index contributed by atoms with van der Waals surface area (Å²) in [6, 6.07) is 17.8. The lowest BCUT2D eigenvalue weighted by molar-refractivity contribution is -0.140. The maximum Gasteiger partial charge on any atom is 0.264 e. The number of hydrogen-bond acceptors (Lipinski definition) is 5. The molecule has 1 N–H and O–H groups in total. The highest BCUT2D eigenvalue weighted by Crippen LogP contribution is 2.33. The number of ether oxygens (including phenoxy) is 1. The van der Waals surface area contributed by atoms with Gasteiger partial charge in [-0.1, -0.05) is 55.8 Å². The first-order valence-electron chi connectivity index (χ1n) is 13.7. The minimum atomic E-state index is -4.23. The summed E-state index contributed by atoms with van der Waals surface area (Å²) in [5.74, 6) is -1.05. The van der Waals surface area contributed by atoms with Gasteiger partial charge < -0.3 is 15.0 Å². The zero-order valence-corrected chi connectivity index (χ0v) is 24.8.